The Morgan fingerprint density at radius 3 is 2.88 bits per heavy atom. The Bertz CT molecular complexity index is 350. The van der Waals surface area contributed by atoms with E-state index >= 15 is 0 Å². The smallest absolute Gasteiger partial charge is 0.257 e. The topological polar surface area (TPSA) is 33.5 Å². The van der Waals surface area contributed by atoms with Crippen LogP contribution < -0.4 is 0 Å². The van der Waals surface area contributed by atoms with Crippen molar-refractivity contribution in [2.45, 2.75) is 37.1 Å². The first kappa shape index (κ1) is 11.5. The lowest BCUT2D eigenvalue weighted by molar-refractivity contribution is 0.0699. The van der Waals surface area contributed by atoms with Gasteiger partial charge in [0.1, 0.15) is 6.26 Å². The average Bonchev–Trinajstić information content (AvgIpc) is 2.81. The van der Waals surface area contributed by atoms with Crippen molar-refractivity contribution in [2.75, 3.05) is 7.05 Å². The van der Waals surface area contributed by atoms with Crippen molar-refractivity contribution in [2.24, 2.45) is 0 Å². The Balaban J connectivity index is 2.06. The van der Waals surface area contributed by atoms with Gasteiger partial charge in [0.25, 0.3) is 5.91 Å². The molecule has 1 aromatic heterocycles. The zero-order valence-corrected chi connectivity index (χ0v) is 10.1. The van der Waals surface area contributed by atoms with Crippen molar-refractivity contribution in [1.82, 2.24) is 4.90 Å². The Kier molecular flexibility index (Phi) is 3.54. The number of hydrogen-bond acceptors (Lipinski definition) is 2. The van der Waals surface area contributed by atoms with Crippen LogP contribution in [0.3, 0.4) is 0 Å². The van der Waals surface area contributed by atoms with Crippen LogP contribution in [-0.2, 0) is 0 Å². The molecule has 3 nitrogen and oxygen atoms in total. The summed E-state index contributed by atoms with van der Waals surface area (Å²) in [6.07, 6.45) is 7.30. The summed E-state index contributed by atoms with van der Waals surface area (Å²) in [5.41, 5.74) is 0.594. The second-order valence-corrected chi connectivity index (χ2v) is 4.86. The van der Waals surface area contributed by atoms with Crippen LogP contribution >= 0.6 is 11.6 Å². The molecule has 0 radical (unpaired) electrons. The molecule has 4 heteroatoms. The van der Waals surface area contributed by atoms with Gasteiger partial charge in [-0.3, -0.25) is 4.79 Å². The summed E-state index contributed by atoms with van der Waals surface area (Å²) in [5, 5.41) is 0.0783. The van der Waals surface area contributed by atoms with Gasteiger partial charge in [-0.2, -0.15) is 0 Å². The molecule has 0 saturated heterocycles. The quantitative estimate of drug-likeness (QED) is 0.746. The van der Waals surface area contributed by atoms with Crippen LogP contribution in [0, 0.1) is 0 Å². The molecular formula is C12H16ClNO2. The van der Waals surface area contributed by atoms with Crippen LogP contribution in [0.1, 0.15) is 36.0 Å². The van der Waals surface area contributed by atoms with E-state index in [1.807, 2.05) is 7.05 Å². The molecule has 0 spiro atoms. The highest BCUT2D eigenvalue weighted by molar-refractivity contribution is 6.21. The number of halogens is 1. The summed E-state index contributed by atoms with van der Waals surface area (Å²) in [4.78, 5) is 13.8. The van der Waals surface area contributed by atoms with Gasteiger partial charge in [0.15, 0.2) is 0 Å². The fourth-order valence-electron chi connectivity index (χ4n) is 2.24. The van der Waals surface area contributed by atoms with Gasteiger partial charge >= 0.3 is 0 Å². The number of alkyl halides is 1. The summed E-state index contributed by atoms with van der Waals surface area (Å²) >= 11 is 6.27. The average molecular weight is 242 g/mol. The van der Waals surface area contributed by atoms with Crippen LogP contribution in [0.4, 0.5) is 0 Å². The van der Waals surface area contributed by atoms with Gasteiger partial charge in [-0.1, -0.05) is 12.8 Å². The lowest BCUT2D eigenvalue weighted by Crippen LogP contribution is -2.44. The molecule has 0 N–H and O–H groups in total. The normalized spacial score (nSPS) is 25.4. The summed E-state index contributed by atoms with van der Waals surface area (Å²) < 4.78 is 4.92. The largest absolute Gasteiger partial charge is 0.472 e. The molecule has 0 bridgehead atoms. The minimum atomic E-state index is -0.00806. The van der Waals surface area contributed by atoms with E-state index in [-0.39, 0.29) is 17.3 Å². The summed E-state index contributed by atoms with van der Waals surface area (Å²) in [5.74, 6) is -0.00806. The van der Waals surface area contributed by atoms with E-state index in [4.69, 9.17) is 16.0 Å². The monoisotopic (exact) mass is 241 g/mol. The number of furan rings is 1. The van der Waals surface area contributed by atoms with Gasteiger partial charge in [-0.25, -0.2) is 0 Å². The summed E-state index contributed by atoms with van der Waals surface area (Å²) in [7, 11) is 1.82. The fraction of sp³-hybridized carbons (Fsp3) is 0.583. The van der Waals surface area contributed by atoms with Crippen molar-refractivity contribution < 1.29 is 9.21 Å². The van der Waals surface area contributed by atoms with Crippen LogP contribution in [0.15, 0.2) is 23.0 Å². The van der Waals surface area contributed by atoms with E-state index in [9.17, 15) is 4.79 Å². The molecule has 2 atom stereocenters. The third kappa shape index (κ3) is 2.24. The van der Waals surface area contributed by atoms with Crippen LogP contribution in [0.2, 0.25) is 0 Å². The van der Waals surface area contributed by atoms with E-state index in [0.29, 0.717) is 5.56 Å². The molecule has 1 aliphatic carbocycles. The SMILES string of the molecule is CN(C(=O)c1ccoc1)C1CCCCC1Cl. The van der Waals surface area contributed by atoms with Gasteiger partial charge in [0.05, 0.1) is 17.2 Å². The third-order valence-electron chi connectivity index (χ3n) is 3.23. The van der Waals surface area contributed by atoms with Crippen molar-refractivity contribution in [3.8, 4) is 0 Å². The first-order chi connectivity index (χ1) is 7.70. The van der Waals surface area contributed by atoms with E-state index in [0.717, 1.165) is 19.3 Å². The van der Waals surface area contributed by atoms with Crippen LogP contribution in [0.25, 0.3) is 0 Å². The number of carbonyl (C=O) groups excluding carboxylic acids is 1. The Hall–Kier alpha value is -0.960. The van der Waals surface area contributed by atoms with Crippen molar-refractivity contribution in [3.63, 3.8) is 0 Å². The predicted molar refractivity (Wildman–Crippen MR) is 62.7 cm³/mol. The minimum absolute atomic E-state index is 0.00806. The second-order valence-electron chi connectivity index (χ2n) is 4.30. The number of nitrogens with zero attached hydrogens (tertiary/aromatic N) is 1. The van der Waals surface area contributed by atoms with Crippen molar-refractivity contribution in [1.29, 1.82) is 0 Å². The lowest BCUT2D eigenvalue weighted by atomic mass is 9.93. The maximum Gasteiger partial charge on any atom is 0.257 e. The molecular weight excluding hydrogens is 226 g/mol. The Morgan fingerprint density at radius 1 is 1.50 bits per heavy atom. The molecule has 0 aromatic carbocycles. The maximum absolute atomic E-state index is 12.1. The highest BCUT2D eigenvalue weighted by Crippen LogP contribution is 2.27. The van der Waals surface area contributed by atoms with Crippen LogP contribution in [-0.4, -0.2) is 29.3 Å². The van der Waals surface area contributed by atoms with Crippen molar-refractivity contribution in [3.05, 3.63) is 24.2 Å². The summed E-state index contributed by atoms with van der Waals surface area (Å²) in [6.45, 7) is 0. The molecule has 2 rings (SSSR count). The molecule has 1 saturated carbocycles. The van der Waals surface area contributed by atoms with Gasteiger partial charge in [-0.05, 0) is 18.9 Å². The highest BCUT2D eigenvalue weighted by atomic mass is 35.5. The molecule has 1 amide bonds. The predicted octanol–water partition coefficient (Wildman–Crippen LogP) is 2.90. The van der Waals surface area contributed by atoms with E-state index in [1.54, 1.807) is 11.0 Å². The highest BCUT2D eigenvalue weighted by Gasteiger charge is 2.30. The van der Waals surface area contributed by atoms with E-state index in [1.165, 1.54) is 18.9 Å². The summed E-state index contributed by atoms with van der Waals surface area (Å²) in [6, 6.07) is 1.84. The van der Waals surface area contributed by atoms with Crippen molar-refractivity contribution >= 4 is 17.5 Å². The molecule has 88 valence electrons. The van der Waals surface area contributed by atoms with E-state index in [2.05, 4.69) is 0 Å². The number of hydrogen-bond donors (Lipinski definition) is 0. The third-order valence-corrected chi connectivity index (χ3v) is 3.74. The van der Waals surface area contributed by atoms with E-state index < -0.39 is 0 Å². The number of carbonyl (C=O) groups is 1. The second kappa shape index (κ2) is 4.91. The number of amides is 1. The molecule has 1 heterocycles. The maximum atomic E-state index is 12.1. The Morgan fingerprint density at radius 2 is 2.25 bits per heavy atom. The zero-order valence-electron chi connectivity index (χ0n) is 9.36. The van der Waals surface area contributed by atoms with Gasteiger partial charge in [-0.15, -0.1) is 11.6 Å². The van der Waals surface area contributed by atoms with Crippen LogP contribution in [0.5, 0.6) is 0 Å². The zero-order chi connectivity index (χ0) is 11.5. The standard InChI is InChI=1S/C12H16ClNO2/c1-14(11-5-3-2-4-10(11)13)12(15)9-6-7-16-8-9/h6-8,10-11H,2-5H2,1H3. The lowest BCUT2D eigenvalue weighted by Gasteiger charge is -2.34. The van der Waals surface area contributed by atoms with Gasteiger partial charge in [0, 0.05) is 13.1 Å². The molecule has 1 aromatic rings. The molecule has 0 aliphatic heterocycles. The van der Waals surface area contributed by atoms with Gasteiger partial charge < -0.3 is 9.32 Å². The first-order valence-corrected chi connectivity index (χ1v) is 6.07. The molecule has 2 unspecified atom stereocenters. The molecule has 1 aliphatic rings. The molecule has 16 heavy (non-hydrogen) atoms. The first-order valence-electron chi connectivity index (χ1n) is 5.63. The molecule has 1 fully saturated rings. The fourth-order valence-corrected chi connectivity index (χ4v) is 2.69. The number of rotatable bonds is 2. The van der Waals surface area contributed by atoms with Gasteiger partial charge in [0.2, 0.25) is 0 Å². The Labute approximate surface area is 100 Å². The minimum Gasteiger partial charge on any atom is -0.472 e.